The predicted octanol–water partition coefficient (Wildman–Crippen LogP) is 3.26. The molecule has 0 aliphatic carbocycles. The molecule has 0 fully saturated rings. The Kier molecular flexibility index (Phi) is 4.76. The van der Waals surface area contributed by atoms with Crippen LogP contribution in [0.5, 0.6) is 0 Å². The van der Waals surface area contributed by atoms with Crippen LogP contribution in [0, 0.1) is 0 Å². The molecule has 2 heterocycles. The summed E-state index contributed by atoms with van der Waals surface area (Å²) in [6.45, 7) is 0. The fraction of sp³-hybridized carbons (Fsp3) is 0.154. The Morgan fingerprint density at radius 2 is 2.05 bits per heavy atom. The highest BCUT2D eigenvalue weighted by molar-refractivity contribution is 7.12. The lowest BCUT2D eigenvalue weighted by atomic mass is 10.1. The van der Waals surface area contributed by atoms with Gasteiger partial charge < -0.3 is 4.42 Å². The SMILES string of the molecule is O=C(N/N=C(\CC(=O)c1cccs1)C(F)(F)F)c1ccco1. The van der Waals surface area contributed by atoms with Crippen molar-refractivity contribution in [2.75, 3.05) is 0 Å². The van der Waals surface area contributed by atoms with Gasteiger partial charge in [-0.1, -0.05) is 6.07 Å². The minimum atomic E-state index is -4.83. The number of alkyl halides is 3. The largest absolute Gasteiger partial charge is 0.459 e. The number of rotatable bonds is 5. The quantitative estimate of drug-likeness (QED) is 0.519. The molecular weight excluding hydrogens is 321 g/mol. The van der Waals surface area contributed by atoms with Gasteiger partial charge in [0.2, 0.25) is 0 Å². The van der Waals surface area contributed by atoms with Crippen LogP contribution < -0.4 is 5.43 Å². The van der Waals surface area contributed by atoms with E-state index in [4.69, 9.17) is 4.42 Å². The molecule has 1 amide bonds. The highest BCUT2D eigenvalue weighted by Gasteiger charge is 2.37. The van der Waals surface area contributed by atoms with E-state index >= 15 is 0 Å². The standard InChI is InChI=1S/C13H9F3N2O3S/c14-13(15,16)11(7-8(19)10-4-2-6-22-10)17-18-12(20)9-3-1-5-21-9/h1-6H,7H2,(H,18,20)/b17-11+. The van der Waals surface area contributed by atoms with Crippen molar-refractivity contribution in [3.05, 3.63) is 46.5 Å². The Hall–Kier alpha value is -2.42. The Morgan fingerprint density at radius 1 is 1.27 bits per heavy atom. The van der Waals surface area contributed by atoms with Crippen LogP contribution in [-0.4, -0.2) is 23.6 Å². The maximum Gasteiger partial charge on any atom is 0.431 e. The van der Waals surface area contributed by atoms with E-state index in [1.54, 1.807) is 16.9 Å². The number of nitrogens with one attached hydrogen (secondary N) is 1. The van der Waals surface area contributed by atoms with Crippen molar-refractivity contribution >= 4 is 28.7 Å². The summed E-state index contributed by atoms with van der Waals surface area (Å²) in [5.74, 6) is -1.84. The number of halogens is 3. The molecule has 0 spiro atoms. The number of furan rings is 1. The van der Waals surface area contributed by atoms with Crippen LogP contribution in [0.3, 0.4) is 0 Å². The molecule has 1 N–H and O–H groups in total. The average Bonchev–Trinajstić information content (AvgIpc) is 3.13. The van der Waals surface area contributed by atoms with E-state index in [2.05, 4.69) is 5.10 Å². The second-order valence-electron chi connectivity index (χ2n) is 4.05. The van der Waals surface area contributed by atoms with Crippen molar-refractivity contribution in [1.82, 2.24) is 5.43 Å². The minimum Gasteiger partial charge on any atom is -0.459 e. The molecule has 0 bridgehead atoms. The summed E-state index contributed by atoms with van der Waals surface area (Å²) in [5, 5.41) is 4.60. The lowest BCUT2D eigenvalue weighted by Gasteiger charge is -2.09. The van der Waals surface area contributed by atoms with E-state index in [9.17, 15) is 22.8 Å². The molecular formula is C13H9F3N2O3S. The van der Waals surface area contributed by atoms with Gasteiger partial charge in [-0.3, -0.25) is 9.59 Å². The smallest absolute Gasteiger partial charge is 0.431 e. The number of thiophene rings is 1. The second-order valence-corrected chi connectivity index (χ2v) is 5.00. The van der Waals surface area contributed by atoms with Gasteiger partial charge in [-0.15, -0.1) is 11.3 Å². The maximum absolute atomic E-state index is 12.9. The van der Waals surface area contributed by atoms with Gasteiger partial charge in [-0.05, 0) is 23.6 Å². The van der Waals surface area contributed by atoms with Gasteiger partial charge in [-0.2, -0.15) is 18.3 Å². The van der Waals surface area contributed by atoms with E-state index in [1.165, 1.54) is 24.5 Å². The molecule has 0 saturated heterocycles. The number of carbonyl (C=O) groups excluding carboxylic acids is 2. The molecule has 0 aliphatic heterocycles. The van der Waals surface area contributed by atoms with Crippen LogP contribution in [0.15, 0.2) is 45.4 Å². The molecule has 9 heteroatoms. The first-order valence-corrected chi connectivity index (χ1v) is 6.80. The summed E-state index contributed by atoms with van der Waals surface area (Å²) in [6, 6.07) is 5.65. The molecule has 22 heavy (non-hydrogen) atoms. The molecule has 2 aromatic heterocycles. The molecule has 116 valence electrons. The molecule has 0 aliphatic rings. The highest BCUT2D eigenvalue weighted by Crippen LogP contribution is 2.22. The van der Waals surface area contributed by atoms with E-state index in [-0.39, 0.29) is 10.6 Å². The maximum atomic E-state index is 12.9. The monoisotopic (exact) mass is 330 g/mol. The van der Waals surface area contributed by atoms with Crippen molar-refractivity contribution in [1.29, 1.82) is 0 Å². The predicted molar refractivity (Wildman–Crippen MR) is 72.9 cm³/mol. The molecule has 0 saturated carbocycles. The van der Waals surface area contributed by atoms with Crippen LogP contribution in [0.1, 0.15) is 26.6 Å². The number of ketones is 1. The Balaban J connectivity index is 2.11. The molecule has 0 unspecified atom stereocenters. The van der Waals surface area contributed by atoms with Crippen molar-refractivity contribution in [2.45, 2.75) is 12.6 Å². The molecule has 2 rings (SSSR count). The second kappa shape index (κ2) is 6.56. The topological polar surface area (TPSA) is 71.7 Å². The summed E-state index contributed by atoms with van der Waals surface area (Å²) in [6.07, 6.45) is -4.59. The van der Waals surface area contributed by atoms with Crippen LogP contribution in [0.4, 0.5) is 13.2 Å². The first kappa shape index (κ1) is 16.0. The summed E-state index contributed by atoms with van der Waals surface area (Å²) >= 11 is 1.03. The zero-order valence-electron chi connectivity index (χ0n) is 10.9. The molecule has 0 aromatic carbocycles. The summed E-state index contributed by atoms with van der Waals surface area (Å²) in [5.41, 5.74) is 0.345. The van der Waals surface area contributed by atoms with Gasteiger partial charge in [0.25, 0.3) is 0 Å². The molecule has 0 radical (unpaired) electrons. The first-order valence-electron chi connectivity index (χ1n) is 5.92. The number of hydrazone groups is 1. The Bertz CT molecular complexity index is 676. The lowest BCUT2D eigenvalue weighted by Crippen LogP contribution is -2.30. The van der Waals surface area contributed by atoms with Gasteiger partial charge in [0.15, 0.2) is 11.5 Å². The Morgan fingerprint density at radius 3 is 2.59 bits per heavy atom. The first-order chi connectivity index (χ1) is 10.4. The van der Waals surface area contributed by atoms with Gasteiger partial charge in [0.1, 0.15) is 5.71 Å². The Labute approximate surface area is 126 Å². The van der Waals surface area contributed by atoms with Gasteiger partial charge in [0.05, 0.1) is 17.6 Å². The van der Waals surface area contributed by atoms with E-state index < -0.39 is 30.0 Å². The number of carbonyl (C=O) groups is 2. The van der Waals surface area contributed by atoms with Gasteiger partial charge >= 0.3 is 12.1 Å². The van der Waals surface area contributed by atoms with Gasteiger partial charge in [0, 0.05) is 0 Å². The number of hydrogen-bond donors (Lipinski definition) is 1. The van der Waals surface area contributed by atoms with Crippen LogP contribution >= 0.6 is 11.3 Å². The van der Waals surface area contributed by atoms with E-state index in [0.29, 0.717) is 0 Å². The minimum absolute atomic E-state index is 0.185. The third-order valence-electron chi connectivity index (χ3n) is 2.49. The van der Waals surface area contributed by atoms with Crippen LogP contribution in [-0.2, 0) is 0 Å². The summed E-state index contributed by atoms with van der Waals surface area (Å²) < 4.78 is 43.3. The van der Waals surface area contributed by atoms with Crippen molar-refractivity contribution in [3.8, 4) is 0 Å². The average molecular weight is 330 g/mol. The van der Waals surface area contributed by atoms with E-state index in [0.717, 1.165) is 11.3 Å². The van der Waals surface area contributed by atoms with E-state index in [1.807, 2.05) is 0 Å². The van der Waals surface area contributed by atoms with Crippen molar-refractivity contribution < 1.29 is 27.2 Å². The fourth-order valence-corrected chi connectivity index (χ4v) is 2.13. The molecule has 2 aromatic rings. The van der Waals surface area contributed by atoms with Crippen molar-refractivity contribution in [3.63, 3.8) is 0 Å². The van der Waals surface area contributed by atoms with Crippen LogP contribution in [0.2, 0.25) is 0 Å². The zero-order chi connectivity index (χ0) is 16.2. The number of nitrogens with zero attached hydrogens (tertiary/aromatic N) is 1. The molecule has 5 nitrogen and oxygen atoms in total. The highest BCUT2D eigenvalue weighted by atomic mass is 32.1. The number of hydrogen-bond acceptors (Lipinski definition) is 5. The third kappa shape index (κ3) is 4.04. The molecule has 0 atom stereocenters. The summed E-state index contributed by atoms with van der Waals surface area (Å²) in [7, 11) is 0. The number of Topliss-reactive ketones (excluding diaryl/α,β-unsaturated/α-hetero) is 1. The van der Waals surface area contributed by atoms with Crippen molar-refractivity contribution in [2.24, 2.45) is 5.10 Å². The fourth-order valence-electron chi connectivity index (χ4n) is 1.46. The summed E-state index contributed by atoms with van der Waals surface area (Å²) in [4.78, 5) is 23.4. The zero-order valence-corrected chi connectivity index (χ0v) is 11.7. The van der Waals surface area contributed by atoms with Crippen LogP contribution in [0.25, 0.3) is 0 Å². The third-order valence-corrected chi connectivity index (χ3v) is 3.40. The van der Waals surface area contributed by atoms with Gasteiger partial charge in [-0.25, -0.2) is 5.43 Å². The lowest BCUT2D eigenvalue weighted by molar-refractivity contribution is -0.0605. The normalized spacial score (nSPS) is 12.2. The number of amides is 1.